The Hall–Kier alpha value is -4.84. The number of benzene rings is 1. The van der Waals surface area contributed by atoms with Crippen molar-refractivity contribution in [2.24, 2.45) is 0 Å². The summed E-state index contributed by atoms with van der Waals surface area (Å²) in [5.74, 6) is -7.52. The molecule has 0 aromatic heterocycles. The Morgan fingerprint density at radius 3 is 2.10 bits per heavy atom. The van der Waals surface area contributed by atoms with Crippen molar-refractivity contribution in [2.75, 3.05) is 40.1 Å². The molecule has 0 radical (unpaired) electrons. The molecule has 320 valence electrons. The molecule has 2 amide bonds. The van der Waals surface area contributed by atoms with Crippen LogP contribution in [0, 0.1) is 12.3 Å². The lowest BCUT2D eigenvalue weighted by Crippen LogP contribution is -2.70. The van der Waals surface area contributed by atoms with E-state index in [0.717, 1.165) is 34.8 Å². The van der Waals surface area contributed by atoms with Crippen molar-refractivity contribution >= 4 is 53.3 Å². The van der Waals surface area contributed by atoms with Crippen LogP contribution in [0.5, 0.6) is 0 Å². The highest BCUT2D eigenvalue weighted by Crippen LogP contribution is 2.38. The van der Waals surface area contributed by atoms with Crippen molar-refractivity contribution in [1.29, 1.82) is 0 Å². The summed E-state index contributed by atoms with van der Waals surface area (Å²) in [5.41, 5.74) is 0.586. The van der Waals surface area contributed by atoms with Gasteiger partial charge in [0, 0.05) is 32.7 Å². The van der Waals surface area contributed by atoms with Crippen LogP contribution in [0.25, 0.3) is 0 Å². The van der Waals surface area contributed by atoms with E-state index in [0.29, 0.717) is 10.6 Å². The number of esters is 5. The molecule has 0 spiro atoms. The molecule has 2 aliphatic heterocycles. The van der Waals surface area contributed by atoms with Gasteiger partial charge in [-0.2, -0.15) is 0 Å². The van der Waals surface area contributed by atoms with Crippen LogP contribution in [0.3, 0.4) is 0 Å². The highest BCUT2D eigenvalue weighted by atomic mass is 35.5. The molecule has 1 aromatic carbocycles. The maximum Gasteiger partial charge on any atom is 0.366 e. The van der Waals surface area contributed by atoms with Crippen LogP contribution < -0.4 is 10.6 Å². The molecule has 2 N–H and O–H groups in total. The number of amides is 2. The van der Waals surface area contributed by atoms with Crippen LogP contribution >= 0.6 is 11.6 Å². The lowest BCUT2D eigenvalue weighted by molar-refractivity contribution is -0.318. The second-order valence-corrected chi connectivity index (χ2v) is 14.1. The van der Waals surface area contributed by atoms with Gasteiger partial charge in [0.25, 0.3) is 11.7 Å². The van der Waals surface area contributed by atoms with Gasteiger partial charge >= 0.3 is 29.8 Å². The lowest BCUT2D eigenvalue weighted by Gasteiger charge is -2.48. The van der Waals surface area contributed by atoms with Crippen LogP contribution in [-0.2, 0) is 87.4 Å². The van der Waals surface area contributed by atoms with Gasteiger partial charge in [-0.1, -0.05) is 29.7 Å². The molecule has 58 heavy (non-hydrogen) atoms. The Bertz CT molecular complexity index is 1680. The molecule has 0 bridgehead atoms. The first-order valence-corrected chi connectivity index (χ1v) is 18.4. The smallest absolute Gasteiger partial charge is 0.366 e. The van der Waals surface area contributed by atoms with Crippen LogP contribution in [0.2, 0.25) is 5.02 Å². The second kappa shape index (κ2) is 21.8. The van der Waals surface area contributed by atoms with E-state index in [9.17, 15) is 33.6 Å². The topological polar surface area (TPSA) is 236 Å². The highest BCUT2D eigenvalue weighted by Gasteiger charge is 2.60. The van der Waals surface area contributed by atoms with Gasteiger partial charge in [0.05, 0.1) is 45.8 Å². The third-order valence-corrected chi connectivity index (χ3v) is 8.67. The Morgan fingerprint density at radius 2 is 1.53 bits per heavy atom. The van der Waals surface area contributed by atoms with Crippen molar-refractivity contribution in [3.8, 4) is 12.3 Å². The first kappa shape index (κ1) is 47.5. The van der Waals surface area contributed by atoms with Gasteiger partial charge in [-0.15, -0.1) is 6.42 Å². The Kier molecular flexibility index (Phi) is 17.9. The van der Waals surface area contributed by atoms with E-state index in [1.54, 1.807) is 38.1 Å². The van der Waals surface area contributed by atoms with E-state index >= 15 is 0 Å². The van der Waals surface area contributed by atoms with Gasteiger partial charge in [0.2, 0.25) is 5.91 Å². The summed E-state index contributed by atoms with van der Waals surface area (Å²) in [5, 5.41) is 5.62. The Morgan fingerprint density at radius 1 is 0.897 bits per heavy atom. The predicted octanol–water partition coefficient (Wildman–Crippen LogP) is 0.686. The summed E-state index contributed by atoms with van der Waals surface area (Å²) < 4.78 is 56.9. The fourth-order valence-electron chi connectivity index (χ4n) is 6.24. The zero-order chi connectivity index (χ0) is 43.2. The third kappa shape index (κ3) is 14.5. The molecular formula is C38H49ClN2O17. The highest BCUT2D eigenvalue weighted by molar-refractivity contribution is 6.30. The average molecular weight is 841 g/mol. The predicted molar refractivity (Wildman–Crippen MR) is 197 cm³/mol. The molecule has 8 atom stereocenters. The van der Waals surface area contributed by atoms with Gasteiger partial charge in [-0.05, 0) is 31.5 Å². The second-order valence-electron chi connectivity index (χ2n) is 13.6. The number of terminal acetylenes is 1. The van der Waals surface area contributed by atoms with E-state index in [-0.39, 0.29) is 19.6 Å². The molecule has 0 unspecified atom stereocenters. The van der Waals surface area contributed by atoms with Gasteiger partial charge in [0.15, 0.2) is 24.6 Å². The van der Waals surface area contributed by atoms with Crippen molar-refractivity contribution in [3.05, 3.63) is 34.9 Å². The molecule has 3 rings (SSSR count). The first-order valence-electron chi connectivity index (χ1n) is 18.0. The van der Waals surface area contributed by atoms with Crippen molar-refractivity contribution in [2.45, 2.75) is 109 Å². The van der Waals surface area contributed by atoms with Gasteiger partial charge in [0.1, 0.15) is 31.0 Å². The monoisotopic (exact) mass is 840 g/mol. The minimum absolute atomic E-state index is 0.0365. The Labute approximate surface area is 340 Å². The number of carbonyl (C=O) groups is 7. The molecule has 0 aliphatic carbocycles. The van der Waals surface area contributed by atoms with Gasteiger partial charge < -0.3 is 58.0 Å². The van der Waals surface area contributed by atoms with Gasteiger partial charge in [-0.25, -0.2) is 4.79 Å². The fraction of sp³-hybridized carbons (Fsp3) is 0.605. The van der Waals surface area contributed by atoms with Crippen molar-refractivity contribution < 1.29 is 80.9 Å². The molecule has 19 nitrogen and oxygen atoms in total. The molecular weight excluding hydrogens is 792 g/mol. The van der Waals surface area contributed by atoms with Crippen molar-refractivity contribution in [3.63, 3.8) is 0 Å². The fourth-order valence-corrected chi connectivity index (χ4v) is 6.37. The zero-order valence-electron chi connectivity index (χ0n) is 33.2. The normalized spacial score (nSPS) is 24.5. The van der Waals surface area contributed by atoms with Gasteiger partial charge in [-0.3, -0.25) is 28.8 Å². The zero-order valence-corrected chi connectivity index (χ0v) is 34.0. The Balaban J connectivity index is 2.13. The van der Waals surface area contributed by atoms with Crippen LogP contribution in [0.1, 0.15) is 53.5 Å². The summed E-state index contributed by atoms with van der Waals surface area (Å²) in [7, 11) is 1.02. The number of nitrogens with one attached hydrogen (secondary N) is 2. The SMILES string of the molecule is C#CCOC[C@@H]1OC(C)(C)O[C@H]1CO[C@]1(C(=O)OC)C[C@H](OC(C)=O)[C@@H](NC(=O)COC(C)=O)[C@H]([C@H](OC(C)=O)[C@@H](CNC(=O)Cc2ccc(Cl)cc2)OC(C)=O)O1. The van der Waals surface area contributed by atoms with Crippen LogP contribution in [0.15, 0.2) is 24.3 Å². The lowest BCUT2D eigenvalue weighted by atomic mass is 9.87. The number of hydrogen-bond donors (Lipinski definition) is 2. The standard InChI is InChI=1S/C38H49ClN2O17/c1-9-14-50-18-29-30(57-37(6,7)56-29)19-52-38(36(48)49-8)16-27(53-22(3)43)33(41-32(47)20-51-21(2)42)35(58-38)34(55-24(5)45)28(54-23(4)44)17-40-31(46)15-25-10-12-26(39)13-11-25/h1,10-13,27-30,33-35H,14-20H2,2-8H3,(H,40,46)(H,41,47)/t27-,28+,29-,30-,33+,34+,35+,38+/m0/s1. The number of carbonyl (C=O) groups excluding carboxylic acids is 7. The van der Waals surface area contributed by atoms with Crippen molar-refractivity contribution in [1.82, 2.24) is 10.6 Å². The molecule has 2 aliphatic rings. The minimum atomic E-state index is -2.52. The van der Waals surface area contributed by atoms with E-state index in [1.807, 2.05) is 0 Å². The number of methoxy groups -OCH3 is 1. The van der Waals surface area contributed by atoms with Crippen LogP contribution in [0.4, 0.5) is 0 Å². The molecule has 2 fully saturated rings. The first-order chi connectivity index (χ1) is 27.3. The quantitative estimate of drug-likeness (QED) is 0.0844. The number of ether oxygens (including phenoxy) is 10. The van der Waals surface area contributed by atoms with E-state index in [2.05, 4.69) is 16.6 Å². The number of halogens is 1. The van der Waals surface area contributed by atoms with Crippen LogP contribution in [-0.4, -0.2) is 136 Å². The summed E-state index contributed by atoms with van der Waals surface area (Å²) in [4.78, 5) is 89.7. The summed E-state index contributed by atoms with van der Waals surface area (Å²) >= 11 is 5.97. The molecule has 20 heteroatoms. The van der Waals surface area contributed by atoms with E-state index in [4.69, 9.17) is 65.4 Å². The van der Waals surface area contributed by atoms with E-state index < -0.39 is 122 Å². The maximum absolute atomic E-state index is 13.9. The minimum Gasteiger partial charge on any atom is -0.465 e. The summed E-state index contributed by atoms with van der Waals surface area (Å²) in [6, 6.07) is 4.89. The molecule has 1 aromatic rings. The third-order valence-electron chi connectivity index (χ3n) is 8.42. The van der Waals surface area contributed by atoms with E-state index in [1.165, 1.54) is 0 Å². The number of rotatable bonds is 19. The largest absolute Gasteiger partial charge is 0.465 e. The molecule has 2 saturated heterocycles. The summed E-state index contributed by atoms with van der Waals surface area (Å²) in [6.07, 6.45) is -3.89. The molecule has 0 saturated carbocycles. The summed E-state index contributed by atoms with van der Waals surface area (Å²) in [6.45, 7) is 5.61. The average Bonchev–Trinajstić information content (AvgIpc) is 3.44. The maximum atomic E-state index is 13.9. The molecule has 2 heterocycles. The number of hydrogen-bond acceptors (Lipinski definition) is 17.